The quantitative estimate of drug-likeness (QED) is 0.0730. The van der Waals surface area contributed by atoms with E-state index >= 15 is 0 Å². The fourth-order valence-corrected chi connectivity index (χ4v) is 17.9. The fourth-order valence-electron chi connectivity index (χ4n) is 16.9. The molecule has 21 rings (SSSR count). The zero-order valence-electron chi connectivity index (χ0n) is 76.7. The van der Waals surface area contributed by atoms with Crippen LogP contribution in [0.1, 0.15) is 227 Å². The molecule has 702 valence electrons. The van der Waals surface area contributed by atoms with Crippen LogP contribution in [-0.4, -0.2) is 143 Å². The Hall–Kier alpha value is -11.5. The van der Waals surface area contributed by atoms with Gasteiger partial charge in [-0.15, -0.1) is 0 Å². The summed E-state index contributed by atoms with van der Waals surface area (Å²) in [7, 11) is -2.03. The van der Waals surface area contributed by atoms with Gasteiger partial charge in [-0.25, -0.2) is 9.78 Å². The van der Waals surface area contributed by atoms with Crippen molar-refractivity contribution in [3.63, 3.8) is 0 Å². The predicted octanol–water partition coefficient (Wildman–Crippen LogP) is 25.0. The molecule has 0 bridgehead atoms. The van der Waals surface area contributed by atoms with Gasteiger partial charge < -0.3 is 33.4 Å². The van der Waals surface area contributed by atoms with E-state index in [2.05, 4.69) is 210 Å². The molecule has 28 heteroatoms. The molecule has 12 aromatic rings. The van der Waals surface area contributed by atoms with Gasteiger partial charge in [-0.2, -0.15) is 27.1 Å². The van der Waals surface area contributed by atoms with Crippen LogP contribution in [0.15, 0.2) is 262 Å². The Kier molecular flexibility index (Phi) is 34.5. The maximum atomic E-state index is 11.2. The summed E-state index contributed by atoms with van der Waals surface area (Å²) < 4.78 is 92.4. The Balaban J connectivity index is 0.000000148. The van der Waals surface area contributed by atoms with E-state index in [-0.39, 0.29) is 37.6 Å². The maximum absolute atomic E-state index is 11.2. The van der Waals surface area contributed by atoms with Crippen LogP contribution in [-0.2, 0) is 59.1 Å². The van der Waals surface area contributed by atoms with Crippen LogP contribution in [0.25, 0.3) is 65.7 Å². The van der Waals surface area contributed by atoms with Gasteiger partial charge in [0.15, 0.2) is 17.9 Å². The standard InChI is InChI=1S/C17H17NO2.C16H18N2.C15H15NO.C15H13NO.C14H23BO4.C11H13NO.C9H6BrN.C7H8N2O2S.C2HF3O2.2H2/c1-2-14-3-4-15(12-16(14)18-9-1)13-5-7-17(8-6-13)19-10-11-20-17;1-17-15-8-6-12(7-9-15)14-5-4-13-3-2-10-18-16(13)11-14;2*17-14-7-5-11(6-8-14)13-4-3-12-2-1-9-16-15(12)10-13;1-12(2)13(3,4)19-15(18-12)11-5-7-14(8-6-11)16-9-10-17-14;1-2-9-5-6-10(8-3-4-8)11(7-13)12-9;10-8-4-3-7-2-1-5-11-9(7)6-8;1-6-2-4-7(5-3-6)12(10,11)9-8;3-2(4,5)1(6)7;;/h1-5,9,12H,6-8,10-11H2;2-5,10-12H,6-9H2,1H3;1-4,9-11H,5-8H2;1-5,9-10H,6-8H2;5H,6-10H2,1-4H3;5-8H,2-4H2,1H3;1-6H;2-5,8H,1H3;(H,6,7);2*1H. The van der Waals surface area contributed by atoms with Crippen LogP contribution in [0.5, 0.6) is 0 Å². The van der Waals surface area contributed by atoms with Crippen LogP contribution in [0.3, 0.4) is 0 Å². The topological polar surface area (TPSA) is 304 Å². The number of nitrogens with zero attached hydrogens (tertiary/aromatic N) is 8. The lowest BCUT2D eigenvalue weighted by Crippen LogP contribution is -2.41. The molecule has 9 heterocycles. The van der Waals surface area contributed by atoms with Crippen molar-refractivity contribution in [2.45, 2.75) is 222 Å². The van der Waals surface area contributed by atoms with Crippen LogP contribution < -0.4 is 0 Å². The minimum Gasteiger partial charge on any atom is -0.475 e. The number of benzene rings is 6. The Morgan fingerprint density at radius 1 is 0.545 bits per heavy atom. The molecule has 0 amide bonds. The molecule has 22 nitrogen and oxygen atoms in total. The summed E-state index contributed by atoms with van der Waals surface area (Å²) in [6, 6.07) is 62.6. The molecule has 6 aromatic heterocycles. The number of alkyl halides is 3. The lowest BCUT2D eigenvalue weighted by Gasteiger charge is -2.32. The molecule has 6 aromatic carbocycles. The van der Waals surface area contributed by atoms with Gasteiger partial charge in [0.1, 0.15) is 17.3 Å². The number of hydrogen-bond acceptors (Lipinski definition) is 20. The number of aldehydes is 1. The number of carbonyl (C=O) groups is 4. The first kappa shape index (κ1) is 100.0. The number of pyridine rings is 6. The van der Waals surface area contributed by atoms with E-state index in [0.29, 0.717) is 61.1 Å². The number of aliphatic carboxylic acids is 1. The number of hydrogen-bond donors (Lipinski definition) is 2. The second-order valence-corrected chi connectivity index (χ2v) is 37.9. The largest absolute Gasteiger partial charge is 0.490 e. The summed E-state index contributed by atoms with van der Waals surface area (Å²) in [5.41, 5.74) is 25.4. The van der Waals surface area contributed by atoms with Crippen LogP contribution in [0.4, 0.5) is 13.2 Å². The van der Waals surface area contributed by atoms with Crippen molar-refractivity contribution >= 4 is 128 Å². The zero-order chi connectivity index (χ0) is 95.1. The van der Waals surface area contributed by atoms with E-state index in [1.54, 1.807) is 18.3 Å². The summed E-state index contributed by atoms with van der Waals surface area (Å²) in [5, 5.41) is 13.1. The lowest BCUT2D eigenvalue weighted by atomic mass is 9.71. The first-order valence-electron chi connectivity index (χ1n) is 45.7. The van der Waals surface area contributed by atoms with Gasteiger partial charge in [0.25, 0.3) is 10.0 Å². The number of halogens is 4. The second kappa shape index (κ2) is 46.2. The molecular formula is C106H118BBrF3N9O13S. The third-order valence-electron chi connectivity index (χ3n) is 25.7. The number of aliphatic imine (C=N–C) groups is 1. The number of sulfonamides is 1. The number of ketones is 2. The minimum atomic E-state index is -5.08. The van der Waals surface area contributed by atoms with Gasteiger partial charge in [-0.3, -0.25) is 44.3 Å². The number of fused-ring (bicyclic) bond motifs is 5. The number of carbonyl (C=O) groups excluding carboxylic acids is 3. The summed E-state index contributed by atoms with van der Waals surface area (Å²) >= 11 is 3.39. The smallest absolute Gasteiger partial charge is 0.475 e. The number of rotatable bonds is 10. The fraction of sp³-hybridized carbons (Fsp3) is 0.368. The molecule has 2 spiro atoms. The van der Waals surface area contributed by atoms with Gasteiger partial charge in [0.05, 0.1) is 70.1 Å². The SMILES string of the molecule is Brc1ccc2cccnc2c1.C1=C(c2ccc3cccnc3c2)CCC2(C1)OCCO2.CC1(C)OB(C2=CCC3(CC2)OCCO3)OC1(C)C.CCc1ccc(C2CC2)c(C=O)n1.CN=C1CCC(c2ccc3cccnc3c2)CC1.Cc1ccc(S(=O)(=O)N=N)cc1.O=C(O)C(F)(F)F.O=C1CC=C(c2ccc3cccnc3c2)CC1.O=C1CCC(c2ccc3cccnc3c2)CC1.[HH].[HH]. The monoisotopic (exact) mass is 1900 g/mol. The Bertz CT molecular complexity index is 6380. The molecular weight excluding hydrogens is 1790 g/mol. The van der Waals surface area contributed by atoms with Crippen molar-refractivity contribution in [2.75, 3.05) is 33.5 Å². The lowest BCUT2D eigenvalue weighted by molar-refractivity contribution is -0.192. The normalized spacial score (nSPS) is 18.6. The molecule has 3 aliphatic heterocycles. The zero-order valence-corrected chi connectivity index (χ0v) is 79.1. The highest BCUT2D eigenvalue weighted by Crippen LogP contribution is 2.45. The highest BCUT2D eigenvalue weighted by atomic mass is 79.9. The first-order chi connectivity index (χ1) is 64.4. The van der Waals surface area contributed by atoms with Crippen molar-refractivity contribution in [2.24, 2.45) is 9.51 Å². The Morgan fingerprint density at radius 3 is 1.40 bits per heavy atom. The highest BCUT2D eigenvalue weighted by Gasteiger charge is 2.53. The molecule has 0 unspecified atom stereocenters. The maximum Gasteiger partial charge on any atom is 0.490 e. The molecule has 6 aliphatic carbocycles. The van der Waals surface area contributed by atoms with Crippen molar-refractivity contribution < 1.29 is 77.0 Å². The number of carboxylic acid groups (broad SMARTS) is 1. The van der Waals surface area contributed by atoms with Crippen LogP contribution in [0.2, 0.25) is 0 Å². The molecule has 3 saturated carbocycles. The average Bonchev–Trinajstić information content (AvgIpc) is 1.61. The van der Waals surface area contributed by atoms with E-state index in [0.717, 1.165) is 164 Å². The number of allylic oxidation sites excluding steroid dienone is 4. The van der Waals surface area contributed by atoms with Crippen molar-refractivity contribution in [3.8, 4) is 0 Å². The van der Waals surface area contributed by atoms with Gasteiger partial charge in [0, 0.05) is 135 Å². The van der Waals surface area contributed by atoms with Crippen molar-refractivity contribution in [3.05, 3.63) is 292 Å². The minimum absolute atomic E-state index is 0. The summed E-state index contributed by atoms with van der Waals surface area (Å²) in [4.78, 5) is 72.6. The van der Waals surface area contributed by atoms with Gasteiger partial charge in [-0.1, -0.05) is 154 Å². The molecule has 6 fully saturated rings. The number of nitrogens with one attached hydrogen (secondary N) is 1. The van der Waals surface area contributed by atoms with Crippen LogP contribution in [0, 0.1) is 12.5 Å². The Morgan fingerprint density at radius 2 is 0.985 bits per heavy atom. The van der Waals surface area contributed by atoms with Crippen molar-refractivity contribution in [1.82, 2.24) is 29.9 Å². The third-order valence-corrected chi connectivity index (χ3v) is 27.3. The highest BCUT2D eigenvalue weighted by molar-refractivity contribution is 9.10. The molecule has 3 saturated heterocycles. The number of carboxylic acids is 1. The molecule has 0 radical (unpaired) electrons. The molecule has 134 heavy (non-hydrogen) atoms. The van der Waals surface area contributed by atoms with E-state index < -0.39 is 22.2 Å². The van der Waals surface area contributed by atoms with E-state index in [1.807, 2.05) is 100 Å². The summed E-state index contributed by atoms with van der Waals surface area (Å²) in [5.74, 6) is -0.869. The number of aryl methyl sites for hydroxylation is 2. The number of Topliss-reactive ketones (excluding diaryl/α,β-unsaturated/α-hetero) is 2. The molecule has 2 N–H and O–H groups in total. The number of aromatic nitrogens is 6. The van der Waals surface area contributed by atoms with Crippen LogP contribution >= 0.6 is 15.9 Å². The van der Waals surface area contributed by atoms with Gasteiger partial charge in [-0.05, 0) is 259 Å². The number of ether oxygens (including phenoxy) is 4. The van der Waals surface area contributed by atoms with E-state index in [9.17, 15) is 36.0 Å². The van der Waals surface area contributed by atoms with Gasteiger partial charge in [0.2, 0.25) is 0 Å². The van der Waals surface area contributed by atoms with Gasteiger partial charge >= 0.3 is 19.3 Å². The summed E-state index contributed by atoms with van der Waals surface area (Å²) in [6.07, 6.45) is 30.5. The molecule has 9 aliphatic rings. The molecule has 0 atom stereocenters. The van der Waals surface area contributed by atoms with E-state index in [1.165, 1.54) is 104 Å². The van der Waals surface area contributed by atoms with E-state index in [4.69, 9.17) is 43.7 Å². The van der Waals surface area contributed by atoms with Crippen molar-refractivity contribution in [1.29, 1.82) is 5.53 Å². The Labute approximate surface area is 792 Å². The first-order valence-corrected chi connectivity index (χ1v) is 48.0. The summed E-state index contributed by atoms with van der Waals surface area (Å²) in [6.45, 7) is 15.1. The average molecular weight is 1910 g/mol. The predicted molar refractivity (Wildman–Crippen MR) is 526 cm³/mol. The second-order valence-electron chi connectivity index (χ2n) is 35.3. The third kappa shape index (κ3) is 27.4.